The first kappa shape index (κ1) is 16.0. The van der Waals surface area contributed by atoms with Gasteiger partial charge in [-0.2, -0.15) is 5.10 Å². The minimum Gasteiger partial charge on any atom is -0.497 e. The van der Waals surface area contributed by atoms with E-state index in [0.29, 0.717) is 30.8 Å². The van der Waals surface area contributed by atoms with Crippen LogP contribution in [0.2, 0.25) is 0 Å². The fraction of sp³-hybridized carbons (Fsp3) is 0.353. The third kappa shape index (κ3) is 3.24. The van der Waals surface area contributed by atoms with Crippen LogP contribution in [-0.2, 0) is 4.79 Å². The number of H-pyrrole nitrogens is 1. The van der Waals surface area contributed by atoms with E-state index in [0.717, 1.165) is 11.3 Å². The molecular formula is C17H19N3O4. The van der Waals surface area contributed by atoms with Crippen LogP contribution >= 0.6 is 0 Å². The molecule has 1 aromatic carbocycles. The quantitative estimate of drug-likeness (QED) is 0.895. The number of carbonyl (C=O) groups is 2. The highest BCUT2D eigenvalue weighted by molar-refractivity contribution is 5.93. The van der Waals surface area contributed by atoms with Gasteiger partial charge in [-0.05, 0) is 43.2 Å². The van der Waals surface area contributed by atoms with E-state index in [9.17, 15) is 9.59 Å². The van der Waals surface area contributed by atoms with Crippen LogP contribution in [-0.4, -0.2) is 52.3 Å². The van der Waals surface area contributed by atoms with Crippen LogP contribution in [0, 0.1) is 5.92 Å². The number of nitrogens with one attached hydrogen (secondary N) is 1. The van der Waals surface area contributed by atoms with Crippen LogP contribution in [0.4, 0.5) is 0 Å². The summed E-state index contributed by atoms with van der Waals surface area (Å²) in [6, 6.07) is 9.07. The van der Waals surface area contributed by atoms with Gasteiger partial charge in [-0.25, -0.2) is 0 Å². The highest BCUT2D eigenvalue weighted by atomic mass is 16.5. The molecule has 0 radical (unpaired) electrons. The van der Waals surface area contributed by atoms with Crippen molar-refractivity contribution in [3.8, 4) is 17.0 Å². The Kier molecular flexibility index (Phi) is 4.50. The minimum atomic E-state index is -0.851. The number of hydrogen-bond donors (Lipinski definition) is 2. The number of nitrogens with zero attached hydrogens (tertiary/aromatic N) is 2. The molecule has 0 unspecified atom stereocenters. The highest BCUT2D eigenvalue weighted by Gasteiger charge is 2.29. The van der Waals surface area contributed by atoms with Crippen LogP contribution in [0.5, 0.6) is 5.75 Å². The van der Waals surface area contributed by atoms with Crippen molar-refractivity contribution >= 4 is 11.9 Å². The van der Waals surface area contributed by atoms with Crippen molar-refractivity contribution in [2.45, 2.75) is 12.8 Å². The minimum absolute atomic E-state index is 0.215. The number of likely N-dealkylation sites (tertiary alicyclic amines) is 1. The summed E-state index contributed by atoms with van der Waals surface area (Å²) in [7, 11) is 1.60. The van der Waals surface area contributed by atoms with Gasteiger partial charge in [0.2, 0.25) is 0 Å². The van der Waals surface area contributed by atoms with E-state index in [1.165, 1.54) is 0 Å². The van der Waals surface area contributed by atoms with E-state index in [2.05, 4.69) is 10.2 Å². The van der Waals surface area contributed by atoms with Crippen molar-refractivity contribution < 1.29 is 19.4 Å². The zero-order valence-electron chi connectivity index (χ0n) is 13.4. The van der Waals surface area contributed by atoms with Crippen molar-refractivity contribution in [2.24, 2.45) is 5.92 Å². The smallest absolute Gasteiger partial charge is 0.308 e. The number of carbonyl (C=O) groups excluding carboxylic acids is 1. The lowest BCUT2D eigenvalue weighted by Crippen LogP contribution is -2.42. The monoisotopic (exact) mass is 329 g/mol. The van der Waals surface area contributed by atoms with Crippen molar-refractivity contribution in [3.63, 3.8) is 0 Å². The molecule has 0 saturated carbocycles. The molecule has 1 fully saturated rings. The van der Waals surface area contributed by atoms with Crippen LogP contribution in [0.3, 0.4) is 0 Å². The van der Waals surface area contributed by atoms with Gasteiger partial charge in [-0.1, -0.05) is 0 Å². The molecular weight excluding hydrogens is 310 g/mol. The zero-order chi connectivity index (χ0) is 17.1. The number of carboxylic acid groups (broad SMARTS) is 1. The van der Waals surface area contributed by atoms with Crippen LogP contribution in [0.1, 0.15) is 23.3 Å². The fourth-order valence-electron chi connectivity index (χ4n) is 2.87. The molecule has 2 aromatic rings. The van der Waals surface area contributed by atoms with E-state index in [-0.39, 0.29) is 12.5 Å². The molecule has 1 aliphatic heterocycles. The Morgan fingerprint density at radius 2 is 2.08 bits per heavy atom. The van der Waals surface area contributed by atoms with E-state index in [1.807, 2.05) is 24.3 Å². The molecule has 1 aromatic heterocycles. The maximum atomic E-state index is 12.6. The van der Waals surface area contributed by atoms with Gasteiger partial charge in [-0.15, -0.1) is 0 Å². The second kappa shape index (κ2) is 6.74. The number of rotatable bonds is 4. The van der Waals surface area contributed by atoms with Gasteiger partial charge in [0.25, 0.3) is 5.91 Å². The summed E-state index contributed by atoms with van der Waals surface area (Å²) >= 11 is 0. The lowest BCUT2D eigenvalue weighted by molar-refractivity contribution is -0.143. The number of hydrogen-bond acceptors (Lipinski definition) is 4. The maximum absolute atomic E-state index is 12.6. The molecule has 2 heterocycles. The van der Waals surface area contributed by atoms with E-state index in [4.69, 9.17) is 9.84 Å². The second-order valence-corrected chi connectivity index (χ2v) is 5.82. The first-order chi connectivity index (χ1) is 11.6. The van der Waals surface area contributed by atoms with E-state index >= 15 is 0 Å². The molecule has 0 spiro atoms. The van der Waals surface area contributed by atoms with Crippen molar-refractivity contribution in [2.75, 3.05) is 20.2 Å². The molecule has 1 atom stereocenters. The van der Waals surface area contributed by atoms with Gasteiger partial charge < -0.3 is 14.7 Å². The zero-order valence-corrected chi connectivity index (χ0v) is 13.4. The average molecular weight is 329 g/mol. The number of aromatic amines is 1. The number of aliphatic carboxylic acids is 1. The number of amides is 1. The van der Waals surface area contributed by atoms with Gasteiger partial charge in [0.05, 0.1) is 18.7 Å². The first-order valence-corrected chi connectivity index (χ1v) is 7.80. The number of carboxylic acids is 1. The van der Waals surface area contributed by atoms with Crippen molar-refractivity contribution in [1.82, 2.24) is 15.1 Å². The number of piperidine rings is 1. The molecule has 7 nitrogen and oxygen atoms in total. The predicted molar refractivity (Wildman–Crippen MR) is 86.8 cm³/mol. The second-order valence-electron chi connectivity index (χ2n) is 5.82. The van der Waals surface area contributed by atoms with Gasteiger partial charge >= 0.3 is 5.97 Å². The van der Waals surface area contributed by atoms with Crippen LogP contribution in [0.25, 0.3) is 11.3 Å². The van der Waals surface area contributed by atoms with Gasteiger partial charge in [0, 0.05) is 18.7 Å². The Balaban J connectivity index is 1.74. The van der Waals surface area contributed by atoms with Gasteiger partial charge in [-0.3, -0.25) is 14.7 Å². The third-order valence-corrected chi connectivity index (χ3v) is 4.25. The molecule has 1 aliphatic rings. The highest BCUT2D eigenvalue weighted by Crippen LogP contribution is 2.23. The molecule has 1 amide bonds. The Hall–Kier alpha value is -2.83. The lowest BCUT2D eigenvalue weighted by Gasteiger charge is -2.30. The molecule has 3 rings (SSSR count). The summed E-state index contributed by atoms with van der Waals surface area (Å²) in [6.07, 6.45) is 1.31. The number of methoxy groups -OCH3 is 1. The summed E-state index contributed by atoms with van der Waals surface area (Å²) in [5, 5.41) is 16.1. The fourth-order valence-corrected chi connectivity index (χ4v) is 2.87. The molecule has 7 heteroatoms. The summed E-state index contributed by atoms with van der Waals surface area (Å²) < 4.78 is 5.12. The molecule has 0 bridgehead atoms. The van der Waals surface area contributed by atoms with E-state index in [1.54, 1.807) is 18.1 Å². The third-order valence-electron chi connectivity index (χ3n) is 4.25. The summed E-state index contributed by atoms with van der Waals surface area (Å²) in [4.78, 5) is 25.3. The van der Waals surface area contributed by atoms with Gasteiger partial charge in [0.15, 0.2) is 0 Å². The topological polar surface area (TPSA) is 95.5 Å². The summed E-state index contributed by atoms with van der Waals surface area (Å²) in [5.74, 6) is -0.811. The van der Waals surface area contributed by atoms with Gasteiger partial charge in [0.1, 0.15) is 11.4 Å². The predicted octanol–water partition coefficient (Wildman–Crippen LogP) is 2.02. The standard InChI is InChI=1S/C17H19N3O4/c1-24-13-6-4-11(5-7-13)14-9-15(19-18-14)16(21)20-8-2-3-12(10-20)17(22)23/h4-7,9,12H,2-3,8,10H2,1H3,(H,18,19)(H,22,23)/t12-/m0/s1. The van der Waals surface area contributed by atoms with Crippen molar-refractivity contribution in [1.29, 1.82) is 0 Å². The summed E-state index contributed by atoms with van der Waals surface area (Å²) in [6.45, 7) is 0.810. The molecule has 126 valence electrons. The lowest BCUT2D eigenvalue weighted by atomic mass is 9.98. The maximum Gasteiger partial charge on any atom is 0.308 e. The summed E-state index contributed by atoms with van der Waals surface area (Å²) in [5.41, 5.74) is 1.90. The largest absolute Gasteiger partial charge is 0.497 e. The normalized spacial score (nSPS) is 17.5. The number of benzene rings is 1. The molecule has 24 heavy (non-hydrogen) atoms. The first-order valence-electron chi connectivity index (χ1n) is 7.80. The Bertz CT molecular complexity index is 739. The Labute approximate surface area is 139 Å². The van der Waals surface area contributed by atoms with Crippen LogP contribution in [0.15, 0.2) is 30.3 Å². The van der Waals surface area contributed by atoms with Crippen LogP contribution < -0.4 is 4.74 Å². The number of ether oxygens (including phenoxy) is 1. The average Bonchev–Trinajstić information content (AvgIpc) is 3.11. The van der Waals surface area contributed by atoms with Crippen molar-refractivity contribution in [3.05, 3.63) is 36.0 Å². The van der Waals surface area contributed by atoms with E-state index < -0.39 is 11.9 Å². The Morgan fingerprint density at radius 1 is 1.33 bits per heavy atom. The molecule has 2 N–H and O–H groups in total. The molecule has 0 aliphatic carbocycles. The SMILES string of the molecule is COc1ccc(-c2cc(C(=O)N3CCC[C@H](C(=O)O)C3)[nH]n2)cc1. The Morgan fingerprint density at radius 3 is 2.75 bits per heavy atom. The molecule has 1 saturated heterocycles. The number of aromatic nitrogens is 2.